The van der Waals surface area contributed by atoms with Gasteiger partial charge in [-0.25, -0.2) is 0 Å². The summed E-state index contributed by atoms with van der Waals surface area (Å²) in [4.78, 5) is 21.3. The van der Waals surface area contributed by atoms with Crippen molar-refractivity contribution in [2.45, 2.75) is 18.8 Å². The van der Waals surface area contributed by atoms with Gasteiger partial charge in [-0.1, -0.05) is 29.3 Å². The van der Waals surface area contributed by atoms with Gasteiger partial charge in [-0.2, -0.15) is 0 Å². The highest BCUT2D eigenvalue weighted by molar-refractivity contribution is 6.42. The van der Waals surface area contributed by atoms with Crippen LogP contribution in [0.5, 0.6) is 0 Å². The number of aliphatic carboxylic acids is 2. The van der Waals surface area contributed by atoms with Crippen LogP contribution in [-0.2, 0) is 9.59 Å². The third-order valence-electron chi connectivity index (χ3n) is 2.26. The average molecular weight is 277 g/mol. The van der Waals surface area contributed by atoms with Crippen LogP contribution in [0.25, 0.3) is 0 Å². The molecule has 0 aliphatic carbocycles. The first-order valence-corrected chi connectivity index (χ1v) is 5.54. The standard InChI is InChI=1S/C11H10Cl2O4/c12-8-2-1-6(3-9(8)13)7(4-10(14)15)5-11(16)17/h1-3,7H,4-5H2,(H,14,15)(H,16,17). The Labute approximate surface area is 108 Å². The Kier molecular flexibility index (Phi) is 4.78. The molecule has 1 aromatic carbocycles. The molecule has 2 N–H and O–H groups in total. The average Bonchev–Trinajstić information content (AvgIpc) is 2.19. The van der Waals surface area contributed by atoms with Gasteiger partial charge in [0.15, 0.2) is 0 Å². The molecule has 4 nitrogen and oxygen atoms in total. The first-order valence-electron chi connectivity index (χ1n) is 4.78. The Morgan fingerprint density at radius 1 is 1.06 bits per heavy atom. The molecule has 0 saturated heterocycles. The molecule has 1 rings (SSSR count). The van der Waals surface area contributed by atoms with E-state index in [0.29, 0.717) is 10.6 Å². The van der Waals surface area contributed by atoms with Gasteiger partial charge < -0.3 is 10.2 Å². The van der Waals surface area contributed by atoms with Crippen LogP contribution in [0, 0.1) is 0 Å². The van der Waals surface area contributed by atoms with Crippen LogP contribution in [0.1, 0.15) is 24.3 Å². The van der Waals surface area contributed by atoms with Crippen molar-refractivity contribution in [2.75, 3.05) is 0 Å². The van der Waals surface area contributed by atoms with Gasteiger partial charge in [-0.05, 0) is 17.7 Å². The van der Waals surface area contributed by atoms with Gasteiger partial charge >= 0.3 is 11.9 Å². The Morgan fingerprint density at radius 3 is 2.00 bits per heavy atom. The molecule has 0 atom stereocenters. The Hall–Kier alpha value is -1.26. The number of carboxylic acids is 2. The topological polar surface area (TPSA) is 74.6 Å². The molecular formula is C11H10Cl2O4. The minimum absolute atomic E-state index is 0.260. The summed E-state index contributed by atoms with van der Waals surface area (Å²) in [5.41, 5.74) is 0.559. The number of hydrogen-bond donors (Lipinski definition) is 2. The zero-order valence-electron chi connectivity index (χ0n) is 8.69. The van der Waals surface area contributed by atoms with E-state index < -0.39 is 17.9 Å². The maximum absolute atomic E-state index is 10.7. The van der Waals surface area contributed by atoms with Crippen LogP contribution in [0.2, 0.25) is 10.0 Å². The first-order chi connectivity index (χ1) is 7.90. The second-order valence-corrected chi connectivity index (χ2v) is 4.38. The molecule has 1 aromatic rings. The molecule has 0 radical (unpaired) electrons. The molecule has 17 heavy (non-hydrogen) atoms. The Bertz CT molecular complexity index is 429. The van der Waals surface area contributed by atoms with Gasteiger partial charge in [-0.3, -0.25) is 9.59 Å². The number of rotatable bonds is 5. The van der Waals surface area contributed by atoms with E-state index in [0.717, 1.165) is 0 Å². The summed E-state index contributed by atoms with van der Waals surface area (Å²) in [5.74, 6) is -2.72. The summed E-state index contributed by atoms with van der Waals surface area (Å²) in [6, 6.07) is 4.61. The molecule has 0 unspecified atom stereocenters. The van der Waals surface area contributed by atoms with Crippen LogP contribution in [0.4, 0.5) is 0 Å². The van der Waals surface area contributed by atoms with Gasteiger partial charge in [0.05, 0.1) is 22.9 Å². The summed E-state index contributed by atoms with van der Waals surface area (Å²) in [5, 5.41) is 18.1. The SMILES string of the molecule is O=C(O)CC(CC(=O)O)c1ccc(Cl)c(Cl)c1. The number of benzene rings is 1. The van der Waals surface area contributed by atoms with Crippen molar-refractivity contribution in [3.8, 4) is 0 Å². The van der Waals surface area contributed by atoms with E-state index in [4.69, 9.17) is 33.4 Å². The van der Waals surface area contributed by atoms with E-state index in [9.17, 15) is 9.59 Å². The Morgan fingerprint density at radius 2 is 1.59 bits per heavy atom. The van der Waals surface area contributed by atoms with E-state index in [1.54, 1.807) is 6.07 Å². The molecule has 0 aromatic heterocycles. The highest BCUT2D eigenvalue weighted by Gasteiger charge is 2.19. The molecule has 0 aliphatic rings. The van der Waals surface area contributed by atoms with E-state index >= 15 is 0 Å². The van der Waals surface area contributed by atoms with Crippen molar-refractivity contribution in [3.05, 3.63) is 33.8 Å². The third kappa shape index (κ3) is 4.24. The normalized spacial score (nSPS) is 10.5. The fourth-order valence-electron chi connectivity index (χ4n) is 1.50. The molecule has 0 fully saturated rings. The van der Waals surface area contributed by atoms with Gasteiger partial charge in [-0.15, -0.1) is 0 Å². The second kappa shape index (κ2) is 5.89. The monoisotopic (exact) mass is 276 g/mol. The summed E-state index contributed by atoms with van der Waals surface area (Å²) in [6.07, 6.45) is -0.519. The molecule has 92 valence electrons. The van der Waals surface area contributed by atoms with E-state index in [2.05, 4.69) is 0 Å². The molecule has 0 saturated carbocycles. The fourth-order valence-corrected chi connectivity index (χ4v) is 1.80. The minimum Gasteiger partial charge on any atom is -0.481 e. The first kappa shape index (κ1) is 13.8. The third-order valence-corrected chi connectivity index (χ3v) is 3.00. The quantitative estimate of drug-likeness (QED) is 0.867. The van der Waals surface area contributed by atoms with Crippen molar-refractivity contribution in [1.82, 2.24) is 0 Å². The van der Waals surface area contributed by atoms with Crippen LogP contribution in [0.3, 0.4) is 0 Å². The molecule has 0 bridgehead atoms. The molecule has 0 amide bonds. The van der Waals surface area contributed by atoms with Crippen LogP contribution < -0.4 is 0 Å². The summed E-state index contributed by atoms with van der Waals surface area (Å²) in [6.45, 7) is 0. The summed E-state index contributed by atoms with van der Waals surface area (Å²) < 4.78 is 0. The van der Waals surface area contributed by atoms with Gasteiger partial charge in [0, 0.05) is 5.92 Å². The Balaban J connectivity index is 2.98. The van der Waals surface area contributed by atoms with Crippen molar-refractivity contribution in [2.24, 2.45) is 0 Å². The van der Waals surface area contributed by atoms with Gasteiger partial charge in [0.25, 0.3) is 0 Å². The minimum atomic E-state index is -1.05. The second-order valence-electron chi connectivity index (χ2n) is 3.57. The molecule has 0 aliphatic heterocycles. The smallest absolute Gasteiger partial charge is 0.303 e. The largest absolute Gasteiger partial charge is 0.481 e. The number of halogens is 2. The van der Waals surface area contributed by atoms with Crippen molar-refractivity contribution >= 4 is 35.1 Å². The van der Waals surface area contributed by atoms with E-state index in [-0.39, 0.29) is 17.9 Å². The predicted molar refractivity (Wildman–Crippen MR) is 63.7 cm³/mol. The molecule has 0 spiro atoms. The zero-order chi connectivity index (χ0) is 13.0. The highest BCUT2D eigenvalue weighted by Crippen LogP contribution is 2.29. The van der Waals surface area contributed by atoms with Crippen LogP contribution >= 0.6 is 23.2 Å². The lowest BCUT2D eigenvalue weighted by Crippen LogP contribution is -2.11. The van der Waals surface area contributed by atoms with E-state index in [1.807, 2.05) is 0 Å². The maximum Gasteiger partial charge on any atom is 0.303 e. The van der Waals surface area contributed by atoms with Crippen LogP contribution in [0.15, 0.2) is 18.2 Å². The lowest BCUT2D eigenvalue weighted by Gasteiger charge is -2.13. The van der Waals surface area contributed by atoms with Crippen molar-refractivity contribution in [1.29, 1.82) is 0 Å². The number of carboxylic acid groups (broad SMARTS) is 2. The lowest BCUT2D eigenvalue weighted by atomic mass is 9.92. The number of hydrogen-bond acceptors (Lipinski definition) is 2. The molecule has 0 heterocycles. The summed E-state index contributed by atoms with van der Waals surface area (Å²) in [7, 11) is 0. The summed E-state index contributed by atoms with van der Waals surface area (Å²) >= 11 is 11.5. The van der Waals surface area contributed by atoms with Crippen molar-refractivity contribution in [3.63, 3.8) is 0 Å². The van der Waals surface area contributed by atoms with Crippen LogP contribution in [-0.4, -0.2) is 22.2 Å². The lowest BCUT2D eigenvalue weighted by molar-refractivity contribution is -0.139. The predicted octanol–water partition coefficient (Wildman–Crippen LogP) is 3.03. The zero-order valence-corrected chi connectivity index (χ0v) is 10.2. The highest BCUT2D eigenvalue weighted by atomic mass is 35.5. The molecule has 6 heteroatoms. The fraction of sp³-hybridized carbons (Fsp3) is 0.273. The van der Waals surface area contributed by atoms with Gasteiger partial charge in [0.2, 0.25) is 0 Å². The van der Waals surface area contributed by atoms with E-state index in [1.165, 1.54) is 12.1 Å². The van der Waals surface area contributed by atoms with Gasteiger partial charge in [0.1, 0.15) is 0 Å². The maximum atomic E-state index is 10.7. The van der Waals surface area contributed by atoms with Crippen molar-refractivity contribution < 1.29 is 19.8 Å². The molecular weight excluding hydrogens is 267 g/mol. The number of carbonyl (C=O) groups is 2.